The summed E-state index contributed by atoms with van der Waals surface area (Å²) in [5.41, 5.74) is 1.26. The van der Waals surface area contributed by atoms with E-state index in [1.807, 2.05) is 28.7 Å². The molecule has 0 aliphatic carbocycles. The lowest BCUT2D eigenvalue weighted by Crippen LogP contribution is -2.24. The summed E-state index contributed by atoms with van der Waals surface area (Å²) < 4.78 is 1.84. The van der Waals surface area contributed by atoms with E-state index in [1.54, 1.807) is 11.9 Å². The lowest BCUT2D eigenvalue weighted by atomic mass is 10.2. The van der Waals surface area contributed by atoms with Crippen molar-refractivity contribution in [1.82, 2.24) is 4.47 Å². The van der Waals surface area contributed by atoms with Gasteiger partial charge in [0.15, 0.2) is 5.75 Å². The summed E-state index contributed by atoms with van der Waals surface area (Å²) in [6.45, 7) is 4.42. The lowest BCUT2D eigenvalue weighted by molar-refractivity contribution is 0.0574. The van der Waals surface area contributed by atoms with Crippen LogP contribution in [0, 0.1) is 0 Å². The number of para-hydroxylation sites is 1. The van der Waals surface area contributed by atoms with Gasteiger partial charge in [-0.1, -0.05) is 28.7 Å². The average Bonchev–Trinajstić information content (AvgIpc) is 2.18. The van der Waals surface area contributed by atoms with E-state index in [2.05, 4.69) is 12.6 Å². The number of hydrogen-bond acceptors (Lipinski definition) is 3. The maximum absolute atomic E-state index is 5.60. The van der Waals surface area contributed by atoms with Gasteiger partial charge in [0, 0.05) is 11.3 Å². The molecule has 0 unspecified atom stereocenters. The van der Waals surface area contributed by atoms with Crippen LogP contribution < -0.4 is 4.84 Å². The van der Waals surface area contributed by atoms with E-state index >= 15 is 0 Å². The summed E-state index contributed by atoms with van der Waals surface area (Å²) in [6.07, 6.45) is 1.83. The molecule has 2 rings (SSSR count). The van der Waals surface area contributed by atoms with Gasteiger partial charge in [0.05, 0.1) is 6.54 Å². The molecule has 2 nitrogen and oxygen atoms in total. The average molecular weight is 193 g/mol. The second-order valence-electron chi connectivity index (χ2n) is 2.78. The minimum Gasteiger partial charge on any atom is -0.395 e. The Labute approximate surface area is 82.3 Å². The Kier molecular flexibility index (Phi) is 2.57. The second-order valence-corrected chi connectivity index (χ2v) is 3.73. The van der Waals surface area contributed by atoms with Gasteiger partial charge in [-0.25, -0.2) is 0 Å². The lowest BCUT2D eigenvalue weighted by Gasteiger charge is -2.25. The molecule has 0 fully saturated rings. The fraction of sp³-hybridized carbons (Fsp3) is 0.200. The van der Waals surface area contributed by atoms with Crippen molar-refractivity contribution in [2.24, 2.45) is 0 Å². The highest BCUT2D eigenvalue weighted by Crippen LogP contribution is 2.31. The first kappa shape index (κ1) is 8.66. The van der Waals surface area contributed by atoms with Crippen molar-refractivity contribution in [2.75, 3.05) is 6.54 Å². The van der Waals surface area contributed by atoms with Crippen molar-refractivity contribution in [3.63, 3.8) is 0 Å². The van der Waals surface area contributed by atoms with Crippen molar-refractivity contribution < 1.29 is 4.84 Å². The molecule has 13 heavy (non-hydrogen) atoms. The summed E-state index contributed by atoms with van der Waals surface area (Å²) >= 11 is 1.67. The molecule has 0 aromatic heterocycles. The molecule has 0 atom stereocenters. The zero-order chi connectivity index (χ0) is 9.10. The summed E-state index contributed by atoms with van der Waals surface area (Å²) in [4.78, 5) is 5.60. The third-order valence-corrected chi connectivity index (χ3v) is 2.77. The van der Waals surface area contributed by atoms with Crippen LogP contribution in [0.1, 0.15) is 5.56 Å². The Hall–Kier alpha value is -0.930. The normalized spacial score (nSPS) is 16.0. The van der Waals surface area contributed by atoms with Gasteiger partial charge < -0.3 is 4.84 Å². The first-order chi connectivity index (χ1) is 6.40. The molecule has 0 amide bonds. The molecule has 3 heteroatoms. The minimum absolute atomic E-state index is 0.749. The van der Waals surface area contributed by atoms with Gasteiger partial charge in [-0.15, -0.1) is 6.58 Å². The smallest absolute Gasteiger partial charge is 0.152 e. The Balaban J connectivity index is 2.15. The molecule has 1 aromatic carbocycles. The van der Waals surface area contributed by atoms with Crippen LogP contribution in [0.3, 0.4) is 0 Å². The SMILES string of the molecule is C=CCN1Oc2ccccc2CS1. The Morgan fingerprint density at radius 2 is 2.38 bits per heavy atom. The molecule has 1 aliphatic rings. The fourth-order valence-electron chi connectivity index (χ4n) is 1.19. The van der Waals surface area contributed by atoms with Crippen LogP contribution in [-0.4, -0.2) is 11.0 Å². The number of rotatable bonds is 2. The minimum atomic E-state index is 0.749. The summed E-state index contributed by atoms with van der Waals surface area (Å²) in [5.74, 6) is 1.94. The third kappa shape index (κ3) is 1.87. The monoisotopic (exact) mass is 193 g/mol. The van der Waals surface area contributed by atoms with Gasteiger partial charge in [0.2, 0.25) is 0 Å². The van der Waals surface area contributed by atoms with Crippen molar-refractivity contribution in [3.05, 3.63) is 42.5 Å². The van der Waals surface area contributed by atoms with Crippen LogP contribution in [-0.2, 0) is 5.75 Å². The van der Waals surface area contributed by atoms with Gasteiger partial charge >= 0.3 is 0 Å². The highest BCUT2D eigenvalue weighted by Gasteiger charge is 2.16. The standard InChI is InChI=1S/C10H11NOS/c1-2-7-11-12-10-6-4-3-5-9(10)8-13-11/h2-6H,1,7-8H2. The van der Waals surface area contributed by atoms with E-state index in [9.17, 15) is 0 Å². The van der Waals surface area contributed by atoms with Crippen molar-refractivity contribution in [2.45, 2.75) is 5.75 Å². The number of hydrogen-bond donors (Lipinski definition) is 0. The molecule has 0 spiro atoms. The van der Waals surface area contributed by atoms with E-state index in [-0.39, 0.29) is 0 Å². The highest BCUT2D eigenvalue weighted by atomic mass is 32.2. The predicted molar refractivity (Wildman–Crippen MR) is 55.3 cm³/mol. The molecule has 1 aliphatic heterocycles. The zero-order valence-corrected chi connectivity index (χ0v) is 8.09. The first-order valence-corrected chi connectivity index (χ1v) is 5.11. The maximum atomic E-state index is 5.60. The molecule has 1 aromatic rings. The molecule has 68 valence electrons. The topological polar surface area (TPSA) is 12.5 Å². The van der Waals surface area contributed by atoms with Crippen LogP contribution in [0.25, 0.3) is 0 Å². The molecule has 1 heterocycles. The largest absolute Gasteiger partial charge is 0.395 e. The number of nitrogens with zero attached hydrogens (tertiary/aromatic N) is 1. The summed E-state index contributed by atoms with van der Waals surface area (Å²) in [5, 5.41) is 0. The molecular formula is C10H11NOS. The van der Waals surface area contributed by atoms with Gasteiger partial charge in [-0.2, -0.15) is 0 Å². The van der Waals surface area contributed by atoms with Crippen LogP contribution >= 0.6 is 11.9 Å². The van der Waals surface area contributed by atoms with Gasteiger partial charge in [0.25, 0.3) is 0 Å². The van der Waals surface area contributed by atoms with Crippen molar-refractivity contribution in [1.29, 1.82) is 0 Å². The van der Waals surface area contributed by atoms with Crippen LogP contribution in [0.4, 0.5) is 0 Å². The fourth-order valence-corrected chi connectivity index (χ4v) is 2.05. The molecule has 0 saturated carbocycles. The number of hydroxylamine groups is 1. The van der Waals surface area contributed by atoms with E-state index < -0.39 is 0 Å². The van der Waals surface area contributed by atoms with Crippen LogP contribution in [0.2, 0.25) is 0 Å². The third-order valence-electron chi connectivity index (χ3n) is 1.81. The first-order valence-electron chi connectivity index (χ1n) is 4.17. The number of fused-ring (bicyclic) bond motifs is 1. The molecular weight excluding hydrogens is 182 g/mol. The Morgan fingerprint density at radius 1 is 1.54 bits per heavy atom. The summed E-state index contributed by atoms with van der Waals surface area (Å²) in [6, 6.07) is 8.10. The Bertz CT molecular complexity index is 314. The highest BCUT2D eigenvalue weighted by molar-refractivity contribution is 7.96. The van der Waals surface area contributed by atoms with Crippen LogP contribution in [0.5, 0.6) is 5.75 Å². The van der Waals surface area contributed by atoms with E-state index in [0.29, 0.717) is 0 Å². The van der Waals surface area contributed by atoms with Crippen LogP contribution in [0.15, 0.2) is 36.9 Å². The molecule has 0 saturated heterocycles. The van der Waals surface area contributed by atoms with E-state index in [4.69, 9.17) is 4.84 Å². The molecule has 0 bridgehead atoms. The second kappa shape index (κ2) is 3.85. The van der Waals surface area contributed by atoms with E-state index in [0.717, 1.165) is 18.0 Å². The van der Waals surface area contributed by atoms with Crippen molar-refractivity contribution >= 4 is 11.9 Å². The maximum Gasteiger partial charge on any atom is 0.152 e. The molecule has 0 N–H and O–H groups in total. The van der Waals surface area contributed by atoms with Gasteiger partial charge in [-0.05, 0) is 18.0 Å². The van der Waals surface area contributed by atoms with Gasteiger partial charge in [-0.3, -0.25) is 0 Å². The number of benzene rings is 1. The van der Waals surface area contributed by atoms with Gasteiger partial charge in [0.1, 0.15) is 0 Å². The molecule has 0 radical (unpaired) electrons. The summed E-state index contributed by atoms with van der Waals surface area (Å²) in [7, 11) is 0. The van der Waals surface area contributed by atoms with Crippen molar-refractivity contribution in [3.8, 4) is 5.75 Å². The van der Waals surface area contributed by atoms with E-state index in [1.165, 1.54) is 5.56 Å². The predicted octanol–water partition coefficient (Wildman–Crippen LogP) is 2.63. The Morgan fingerprint density at radius 3 is 3.23 bits per heavy atom. The zero-order valence-electron chi connectivity index (χ0n) is 7.27. The quantitative estimate of drug-likeness (QED) is 0.529.